The molecule has 0 unspecified atom stereocenters. The molecule has 0 heterocycles. The van der Waals surface area contributed by atoms with Crippen LogP contribution < -0.4 is 5.32 Å². The Bertz CT molecular complexity index is 366. The fourth-order valence-corrected chi connectivity index (χ4v) is 1.74. The van der Waals surface area contributed by atoms with E-state index in [9.17, 15) is 13.9 Å². The van der Waals surface area contributed by atoms with Gasteiger partial charge in [-0.2, -0.15) is 0 Å². The maximum absolute atomic E-state index is 13.1. The van der Waals surface area contributed by atoms with Crippen LogP contribution in [-0.4, -0.2) is 17.8 Å². The highest BCUT2D eigenvalue weighted by Gasteiger charge is 2.17. The van der Waals surface area contributed by atoms with Crippen molar-refractivity contribution in [2.75, 3.05) is 6.54 Å². The van der Waals surface area contributed by atoms with Crippen LogP contribution in [-0.2, 0) is 0 Å². The zero-order valence-corrected chi connectivity index (χ0v) is 10.4. The molecule has 0 aliphatic carbocycles. The van der Waals surface area contributed by atoms with Crippen molar-refractivity contribution in [2.45, 2.75) is 32.9 Å². The van der Waals surface area contributed by atoms with Gasteiger partial charge in [-0.3, -0.25) is 0 Å². The van der Waals surface area contributed by atoms with Gasteiger partial charge in [0.15, 0.2) is 11.6 Å². The van der Waals surface area contributed by atoms with Crippen molar-refractivity contribution in [1.29, 1.82) is 0 Å². The van der Waals surface area contributed by atoms with Crippen LogP contribution in [0.25, 0.3) is 0 Å². The molecule has 0 aliphatic rings. The highest BCUT2D eigenvalue weighted by molar-refractivity contribution is 5.21. The number of hydrogen-bond acceptors (Lipinski definition) is 2. The Morgan fingerprint density at radius 3 is 2.29 bits per heavy atom. The Morgan fingerprint density at radius 1 is 1.18 bits per heavy atom. The van der Waals surface area contributed by atoms with Gasteiger partial charge in [0.1, 0.15) is 0 Å². The van der Waals surface area contributed by atoms with Crippen LogP contribution >= 0.6 is 0 Å². The molecular weight excluding hydrogens is 224 g/mol. The van der Waals surface area contributed by atoms with Gasteiger partial charge in [-0.15, -0.1) is 0 Å². The first-order valence-electron chi connectivity index (χ1n) is 5.78. The van der Waals surface area contributed by atoms with Crippen LogP contribution in [0.2, 0.25) is 0 Å². The lowest BCUT2D eigenvalue weighted by molar-refractivity contribution is 0.181. The molecule has 0 amide bonds. The minimum absolute atomic E-state index is 0.0975. The number of aliphatic hydroxyl groups is 1. The van der Waals surface area contributed by atoms with Gasteiger partial charge in [0.05, 0.1) is 6.10 Å². The lowest BCUT2D eigenvalue weighted by atomic mass is 9.95. The highest BCUT2D eigenvalue weighted by Crippen LogP contribution is 2.23. The van der Waals surface area contributed by atoms with Gasteiger partial charge in [0.25, 0.3) is 0 Å². The Labute approximate surface area is 101 Å². The molecule has 96 valence electrons. The zero-order valence-electron chi connectivity index (χ0n) is 10.4. The zero-order chi connectivity index (χ0) is 13.0. The van der Waals surface area contributed by atoms with Crippen molar-refractivity contribution >= 4 is 0 Å². The van der Waals surface area contributed by atoms with Crippen LogP contribution in [0.15, 0.2) is 18.2 Å². The average molecular weight is 243 g/mol. The molecule has 0 aliphatic heterocycles. The first-order valence-corrected chi connectivity index (χ1v) is 5.78. The largest absolute Gasteiger partial charge is 0.392 e. The fraction of sp³-hybridized carbons (Fsp3) is 0.538. The second-order valence-electron chi connectivity index (χ2n) is 4.65. The van der Waals surface area contributed by atoms with Gasteiger partial charge in [0, 0.05) is 12.6 Å². The topological polar surface area (TPSA) is 32.3 Å². The number of hydrogen-bond donors (Lipinski definition) is 2. The van der Waals surface area contributed by atoms with Crippen molar-refractivity contribution in [3.8, 4) is 0 Å². The van der Waals surface area contributed by atoms with Gasteiger partial charge < -0.3 is 10.4 Å². The van der Waals surface area contributed by atoms with E-state index in [4.69, 9.17) is 0 Å². The SMILES string of the molecule is CC(C)[C@@H](NC[C@@H](C)O)c1ccc(F)c(F)c1. The van der Waals surface area contributed by atoms with Gasteiger partial charge in [-0.05, 0) is 30.5 Å². The molecule has 2 N–H and O–H groups in total. The third-order valence-electron chi connectivity index (χ3n) is 2.60. The molecule has 1 aromatic rings. The smallest absolute Gasteiger partial charge is 0.159 e. The number of rotatable bonds is 5. The Hall–Kier alpha value is -1.00. The van der Waals surface area contributed by atoms with Gasteiger partial charge in [-0.25, -0.2) is 8.78 Å². The minimum Gasteiger partial charge on any atom is -0.392 e. The molecule has 0 aromatic heterocycles. The van der Waals surface area contributed by atoms with Gasteiger partial charge >= 0.3 is 0 Å². The number of benzene rings is 1. The van der Waals surface area contributed by atoms with E-state index >= 15 is 0 Å². The third kappa shape index (κ3) is 4.06. The van der Waals surface area contributed by atoms with E-state index in [1.54, 1.807) is 13.0 Å². The Balaban J connectivity index is 2.85. The molecule has 0 saturated heterocycles. The van der Waals surface area contributed by atoms with E-state index < -0.39 is 17.7 Å². The van der Waals surface area contributed by atoms with Crippen molar-refractivity contribution in [1.82, 2.24) is 5.32 Å². The summed E-state index contributed by atoms with van der Waals surface area (Å²) in [7, 11) is 0. The molecule has 0 fully saturated rings. The van der Waals surface area contributed by atoms with E-state index in [1.165, 1.54) is 6.07 Å². The van der Waals surface area contributed by atoms with E-state index in [2.05, 4.69) is 5.32 Å². The van der Waals surface area contributed by atoms with E-state index in [0.717, 1.165) is 6.07 Å². The molecule has 0 spiro atoms. The Kier molecular flexibility index (Phi) is 5.02. The summed E-state index contributed by atoms with van der Waals surface area (Å²) in [6, 6.07) is 3.80. The number of aliphatic hydroxyl groups excluding tert-OH is 1. The number of halogens is 2. The molecule has 17 heavy (non-hydrogen) atoms. The second-order valence-corrected chi connectivity index (χ2v) is 4.65. The normalized spacial score (nSPS) is 15.0. The van der Waals surface area contributed by atoms with Crippen molar-refractivity contribution in [3.63, 3.8) is 0 Å². The Morgan fingerprint density at radius 2 is 1.82 bits per heavy atom. The van der Waals surface area contributed by atoms with E-state index in [0.29, 0.717) is 12.1 Å². The molecule has 1 aromatic carbocycles. The first kappa shape index (κ1) is 14.1. The summed E-state index contributed by atoms with van der Waals surface area (Å²) in [4.78, 5) is 0. The molecular formula is C13H19F2NO. The van der Waals surface area contributed by atoms with Crippen LogP contribution in [0.3, 0.4) is 0 Å². The first-order chi connectivity index (χ1) is 7.91. The molecule has 1 rings (SSSR count). The van der Waals surface area contributed by atoms with E-state index in [1.807, 2.05) is 13.8 Å². The van der Waals surface area contributed by atoms with Crippen molar-refractivity contribution in [2.24, 2.45) is 5.92 Å². The molecule has 0 bridgehead atoms. The summed E-state index contributed by atoms with van der Waals surface area (Å²) in [6.07, 6.45) is -0.471. The third-order valence-corrected chi connectivity index (χ3v) is 2.60. The highest BCUT2D eigenvalue weighted by atomic mass is 19.2. The van der Waals surface area contributed by atoms with Gasteiger partial charge in [0.2, 0.25) is 0 Å². The lowest BCUT2D eigenvalue weighted by Gasteiger charge is -2.24. The molecule has 2 nitrogen and oxygen atoms in total. The molecule has 4 heteroatoms. The summed E-state index contributed by atoms with van der Waals surface area (Å²) in [5.41, 5.74) is 0.694. The summed E-state index contributed by atoms with van der Waals surface area (Å²) in [5, 5.41) is 12.4. The predicted molar refractivity (Wildman–Crippen MR) is 63.6 cm³/mol. The second kappa shape index (κ2) is 6.07. The maximum atomic E-state index is 13.1. The molecule has 0 saturated carbocycles. The minimum atomic E-state index is -0.841. The number of nitrogens with one attached hydrogen (secondary N) is 1. The van der Waals surface area contributed by atoms with Crippen LogP contribution in [0, 0.1) is 17.6 Å². The molecule has 2 atom stereocenters. The summed E-state index contributed by atoms with van der Waals surface area (Å²) >= 11 is 0. The van der Waals surface area contributed by atoms with Gasteiger partial charge in [-0.1, -0.05) is 19.9 Å². The molecule has 0 radical (unpaired) electrons. The maximum Gasteiger partial charge on any atom is 0.159 e. The van der Waals surface area contributed by atoms with Crippen LogP contribution in [0.5, 0.6) is 0 Å². The van der Waals surface area contributed by atoms with Crippen LogP contribution in [0.4, 0.5) is 8.78 Å². The summed E-state index contributed by atoms with van der Waals surface area (Å²) in [6.45, 7) is 6.07. The van der Waals surface area contributed by atoms with E-state index in [-0.39, 0.29) is 12.0 Å². The quantitative estimate of drug-likeness (QED) is 0.833. The summed E-state index contributed by atoms with van der Waals surface area (Å²) in [5.74, 6) is -1.46. The predicted octanol–water partition coefficient (Wildman–Crippen LogP) is 2.63. The fourth-order valence-electron chi connectivity index (χ4n) is 1.74. The summed E-state index contributed by atoms with van der Waals surface area (Å²) < 4.78 is 26.0. The van der Waals surface area contributed by atoms with Crippen molar-refractivity contribution < 1.29 is 13.9 Å². The lowest BCUT2D eigenvalue weighted by Crippen LogP contribution is -2.31. The standard InChI is InChI=1S/C13H19F2NO/c1-8(2)13(16-7-9(3)17)10-4-5-11(14)12(15)6-10/h4-6,8-9,13,16-17H,7H2,1-3H3/t9-,13-/m1/s1. The average Bonchev–Trinajstić information content (AvgIpc) is 2.22. The van der Waals surface area contributed by atoms with Crippen LogP contribution in [0.1, 0.15) is 32.4 Å². The van der Waals surface area contributed by atoms with Crippen molar-refractivity contribution in [3.05, 3.63) is 35.4 Å². The monoisotopic (exact) mass is 243 g/mol.